The molecule has 1 aromatic rings. The Balaban J connectivity index is 1.90. The number of halogens is 1. The van der Waals surface area contributed by atoms with Gasteiger partial charge in [0.1, 0.15) is 12.0 Å². The molecule has 1 saturated carbocycles. The largest absolute Gasteiger partial charge is 0.321 e. The Morgan fingerprint density at radius 3 is 2.65 bits per heavy atom. The topological polar surface area (TPSA) is 32.3 Å². The van der Waals surface area contributed by atoms with E-state index in [2.05, 4.69) is 5.32 Å². The Kier molecular flexibility index (Phi) is 3.50. The van der Waals surface area contributed by atoms with E-state index in [9.17, 15) is 9.18 Å². The molecular weight excluding hydrogens is 255 g/mol. The van der Waals surface area contributed by atoms with Gasteiger partial charge in [0.15, 0.2) is 0 Å². The van der Waals surface area contributed by atoms with Crippen LogP contribution in [0.3, 0.4) is 0 Å². The van der Waals surface area contributed by atoms with E-state index in [4.69, 9.17) is 0 Å². The quantitative estimate of drug-likeness (QED) is 0.917. The molecule has 20 heavy (non-hydrogen) atoms. The summed E-state index contributed by atoms with van der Waals surface area (Å²) in [4.78, 5) is 14.4. The van der Waals surface area contributed by atoms with Crippen LogP contribution in [-0.2, 0) is 4.79 Å². The van der Waals surface area contributed by atoms with Gasteiger partial charge in [0.05, 0.1) is 6.04 Å². The van der Waals surface area contributed by atoms with Crippen molar-refractivity contribution in [3.63, 3.8) is 0 Å². The molecule has 4 heteroatoms. The van der Waals surface area contributed by atoms with E-state index in [1.54, 1.807) is 12.1 Å². The maximum Gasteiger partial charge on any atom is 0.241 e. The lowest BCUT2D eigenvalue weighted by atomic mass is 10.0. The van der Waals surface area contributed by atoms with Crippen molar-refractivity contribution in [2.24, 2.45) is 11.8 Å². The van der Waals surface area contributed by atoms with Gasteiger partial charge in [0, 0.05) is 12.1 Å². The summed E-state index contributed by atoms with van der Waals surface area (Å²) in [6, 6.07) is 6.52. The van der Waals surface area contributed by atoms with Crippen molar-refractivity contribution in [2.45, 2.75) is 38.9 Å². The van der Waals surface area contributed by atoms with Crippen LogP contribution in [0.25, 0.3) is 0 Å². The molecule has 0 aromatic heterocycles. The maximum absolute atomic E-state index is 14.0. The molecule has 0 radical (unpaired) electrons. The Hall–Kier alpha value is -1.42. The van der Waals surface area contributed by atoms with Gasteiger partial charge in [-0.25, -0.2) is 4.39 Å². The highest BCUT2D eigenvalue weighted by Gasteiger charge is 2.43. The molecule has 1 aromatic carbocycles. The van der Waals surface area contributed by atoms with Gasteiger partial charge >= 0.3 is 0 Å². The zero-order valence-corrected chi connectivity index (χ0v) is 12.0. The SMILES string of the molecule is CC(C)C1NC(c2ccccc2F)N(CC2CC2)C1=O. The highest BCUT2D eigenvalue weighted by Crippen LogP contribution is 2.36. The third-order valence-electron chi connectivity index (χ3n) is 4.22. The molecular formula is C16H21FN2O. The second-order valence-corrected chi connectivity index (χ2v) is 6.25. The van der Waals surface area contributed by atoms with Crippen molar-refractivity contribution in [1.82, 2.24) is 10.2 Å². The first kappa shape index (κ1) is 13.6. The fourth-order valence-corrected chi connectivity index (χ4v) is 2.84. The van der Waals surface area contributed by atoms with E-state index in [1.165, 1.54) is 18.9 Å². The van der Waals surface area contributed by atoms with Gasteiger partial charge in [-0.2, -0.15) is 0 Å². The second-order valence-electron chi connectivity index (χ2n) is 6.25. The van der Waals surface area contributed by atoms with Crippen LogP contribution in [-0.4, -0.2) is 23.4 Å². The van der Waals surface area contributed by atoms with Crippen LogP contribution >= 0.6 is 0 Å². The first-order valence-electron chi connectivity index (χ1n) is 7.39. The molecule has 2 fully saturated rings. The standard InChI is InChI=1S/C16H21FN2O/c1-10(2)14-16(20)19(9-11-7-8-11)15(18-14)12-5-3-4-6-13(12)17/h3-6,10-11,14-15,18H,7-9H2,1-2H3. The van der Waals surface area contributed by atoms with Crippen LogP contribution in [0.15, 0.2) is 24.3 Å². The van der Waals surface area contributed by atoms with Gasteiger partial charge in [-0.1, -0.05) is 32.0 Å². The molecule has 2 unspecified atom stereocenters. The van der Waals surface area contributed by atoms with E-state index < -0.39 is 0 Å². The molecule has 1 N–H and O–H groups in total. The first-order valence-corrected chi connectivity index (χ1v) is 7.39. The smallest absolute Gasteiger partial charge is 0.241 e. The normalized spacial score (nSPS) is 26.6. The number of rotatable bonds is 4. The number of nitrogens with zero attached hydrogens (tertiary/aromatic N) is 1. The molecule has 1 amide bonds. The molecule has 2 atom stereocenters. The minimum Gasteiger partial charge on any atom is -0.321 e. The summed E-state index contributed by atoms with van der Waals surface area (Å²) >= 11 is 0. The third kappa shape index (κ3) is 2.44. The number of carbonyl (C=O) groups is 1. The summed E-state index contributed by atoms with van der Waals surface area (Å²) in [6.45, 7) is 4.79. The summed E-state index contributed by atoms with van der Waals surface area (Å²) in [6.07, 6.45) is 2.04. The number of carbonyl (C=O) groups excluding carboxylic acids is 1. The van der Waals surface area contributed by atoms with Crippen molar-refractivity contribution in [1.29, 1.82) is 0 Å². The zero-order valence-electron chi connectivity index (χ0n) is 12.0. The minimum atomic E-state index is -0.323. The number of hydrogen-bond acceptors (Lipinski definition) is 2. The highest BCUT2D eigenvalue weighted by atomic mass is 19.1. The molecule has 0 spiro atoms. The van der Waals surface area contributed by atoms with E-state index in [-0.39, 0.29) is 29.8 Å². The van der Waals surface area contributed by atoms with Crippen molar-refractivity contribution in [3.05, 3.63) is 35.6 Å². The van der Waals surface area contributed by atoms with Crippen molar-refractivity contribution >= 4 is 5.91 Å². The van der Waals surface area contributed by atoms with Crippen LogP contribution in [0.2, 0.25) is 0 Å². The number of amides is 1. The van der Waals surface area contributed by atoms with E-state index in [1.807, 2.05) is 24.8 Å². The van der Waals surface area contributed by atoms with Crippen LogP contribution < -0.4 is 5.32 Å². The van der Waals surface area contributed by atoms with Gasteiger partial charge in [0.25, 0.3) is 0 Å². The Labute approximate surface area is 119 Å². The minimum absolute atomic E-state index is 0.111. The molecule has 3 rings (SSSR count). The average Bonchev–Trinajstić information content (AvgIpc) is 3.16. The summed E-state index contributed by atoms with van der Waals surface area (Å²) in [5.74, 6) is 0.671. The van der Waals surface area contributed by atoms with Crippen LogP contribution in [0, 0.1) is 17.7 Å². The van der Waals surface area contributed by atoms with Gasteiger partial charge < -0.3 is 4.90 Å². The summed E-state index contributed by atoms with van der Waals surface area (Å²) in [5.41, 5.74) is 0.574. The Morgan fingerprint density at radius 1 is 1.35 bits per heavy atom. The summed E-state index contributed by atoms with van der Waals surface area (Å²) in [5, 5.41) is 3.32. The predicted octanol–water partition coefficient (Wildman–Crippen LogP) is 2.69. The maximum atomic E-state index is 14.0. The van der Waals surface area contributed by atoms with Gasteiger partial charge in [-0.05, 0) is 30.7 Å². The summed E-state index contributed by atoms with van der Waals surface area (Å²) in [7, 11) is 0. The zero-order chi connectivity index (χ0) is 14.3. The molecule has 0 bridgehead atoms. The Morgan fingerprint density at radius 2 is 2.05 bits per heavy atom. The molecule has 108 valence electrons. The fourth-order valence-electron chi connectivity index (χ4n) is 2.84. The lowest BCUT2D eigenvalue weighted by Crippen LogP contribution is -2.35. The fraction of sp³-hybridized carbons (Fsp3) is 0.562. The number of nitrogens with one attached hydrogen (secondary N) is 1. The molecule has 3 nitrogen and oxygen atoms in total. The van der Waals surface area contributed by atoms with Crippen LogP contribution in [0.4, 0.5) is 4.39 Å². The lowest BCUT2D eigenvalue weighted by Gasteiger charge is -2.24. The number of benzene rings is 1. The Bertz CT molecular complexity index is 513. The third-order valence-corrected chi connectivity index (χ3v) is 4.22. The van der Waals surface area contributed by atoms with E-state index >= 15 is 0 Å². The van der Waals surface area contributed by atoms with Crippen molar-refractivity contribution < 1.29 is 9.18 Å². The lowest BCUT2D eigenvalue weighted by molar-refractivity contribution is -0.131. The van der Waals surface area contributed by atoms with E-state index in [0.717, 1.165) is 6.54 Å². The van der Waals surface area contributed by atoms with Gasteiger partial charge in [0.2, 0.25) is 5.91 Å². The average molecular weight is 276 g/mol. The highest BCUT2D eigenvalue weighted by molar-refractivity contribution is 5.85. The van der Waals surface area contributed by atoms with Crippen molar-refractivity contribution in [3.8, 4) is 0 Å². The molecule has 1 aliphatic carbocycles. The second kappa shape index (κ2) is 5.17. The monoisotopic (exact) mass is 276 g/mol. The van der Waals surface area contributed by atoms with Crippen LogP contribution in [0.5, 0.6) is 0 Å². The summed E-state index contributed by atoms with van der Waals surface area (Å²) < 4.78 is 14.0. The van der Waals surface area contributed by atoms with Crippen LogP contribution in [0.1, 0.15) is 38.4 Å². The van der Waals surface area contributed by atoms with Gasteiger partial charge in [-0.3, -0.25) is 10.1 Å². The molecule has 2 aliphatic rings. The predicted molar refractivity (Wildman–Crippen MR) is 75.3 cm³/mol. The number of hydrogen-bond donors (Lipinski definition) is 1. The van der Waals surface area contributed by atoms with Crippen molar-refractivity contribution in [2.75, 3.05) is 6.54 Å². The first-order chi connectivity index (χ1) is 9.58. The molecule has 1 aliphatic heterocycles. The molecule has 1 saturated heterocycles. The van der Waals surface area contributed by atoms with Gasteiger partial charge in [-0.15, -0.1) is 0 Å². The molecule has 1 heterocycles. The van der Waals surface area contributed by atoms with E-state index in [0.29, 0.717) is 11.5 Å².